The van der Waals surface area contributed by atoms with Crippen LogP contribution in [0.3, 0.4) is 0 Å². The molecule has 3 saturated heterocycles. The lowest BCUT2D eigenvalue weighted by Crippen LogP contribution is -2.56. The molecule has 3 nitrogen and oxygen atoms in total. The summed E-state index contributed by atoms with van der Waals surface area (Å²) in [6.07, 6.45) is 5.83. The monoisotopic (exact) mass is 295 g/mol. The Morgan fingerprint density at radius 3 is 2.95 bits per heavy atom. The molecule has 5 atom stereocenters. The van der Waals surface area contributed by atoms with Crippen molar-refractivity contribution in [3.63, 3.8) is 0 Å². The second-order valence-electron chi connectivity index (χ2n) is 6.96. The van der Waals surface area contributed by atoms with E-state index in [9.17, 15) is 0 Å². The SMILES string of the molecule is CC[C@H]1CN2CC[C@@H]1C[C@@H]2[C@H](N)c1ccnc2ccccc12. The van der Waals surface area contributed by atoms with Gasteiger partial charge >= 0.3 is 0 Å². The maximum absolute atomic E-state index is 6.74. The van der Waals surface area contributed by atoms with Crippen LogP contribution in [0.5, 0.6) is 0 Å². The third kappa shape index (κ3) is 2.24. The fraction of sp³-hybridized carbons (Fsp3) is 0.526. The molecule has 1 aromatic carbocycles. The highest BCUT2D eigenvalue weighted by Gasteiger charge is 2.41. The first-order valence-corrected chi connectivity index (χ1v) is 8.61. The van der Waals surface area contributed by atoms with Gasteiger partial charge in [0.05, 0.1) is 5.52 Å². The van der Waals surface area contributed by atoms with E-state index in [4.69, 9.17) is 5.73 Å². The molecule has 0 aliphatic carbocycles. The first-order chi connectivity index (χ1) is 10.8. The van der Waals surface area contributed by atoms with Gasteiger partial charge in [-0.3, -0.25) is 9.88 Å². The number of para-hydroxylation sites is 1. The number of hydrogen-bond acceptors (Lipinski definition) is 3. The van der Waals surface area contributed by atoms with Gasteiger partial charge in [0, 0.05) is 30.2 Å². The molecule has 5 rings (SSSR count). The van der Waals surface area contributed by atoms with Crippen LogP contribution in [0.1, 0.15) is 37.8 Å². The van der Waals surface area contributed by atoms with Gasteiger partial charge in [0.15, 0.2) is 0 Å². The highest BCUT2D eigenvalue weighted by Crippen LogP contribution is 2.41. The minimum atomic E-state index is 0.0912. The molecular weight excluding hydrogens is 270 g/mol. The molecule has 3 aliphatic heterocycles. The fourth-order valence-corrected chi connectivity index (χ4v) is 4.63. The third-order valence-corrected chi connectivity index (χ3v) is 5.92. The standard InChI is InChI=1S/C19H25N3/c1-2-13-12-22-10-8-14(13)11-18(22)19(20)16-7-9-21-17-6-4-3-5-15(16)17/h3-7,9,13-14,18-19H,2,8,10-12,20H2,1H3/t13-,14+,18+,19+/m0/s1. The Balaban J connectivity index is 1.66. The fourth-order valence-electron chi connectivity index (χ4n) is 4.63. The van der Waals surface area contributed by atoms with Crippen molar-refractivity contribution < 1.29 is 0 Å². The molecule has 3 heteroatoms. The largest absolute Gasteiger partial charge is 0.323 e. The van der Waals surface area contributed by atoms with E-state index < -0.39 is 0 Å². The van der Waals surface area contributed by atoms with Crippen molar-refractivity contribution in [3.8, 4) is 0 Å². The molecule has 3 fully saturated rings. The van der Waals surface area contributed by atoms with Gasteiger partial charge in [0.25, 0.3) is 0 Å². The first kappa shape index (κ1) is 14.2. The van der Waals surface area contributed by atoms with E-state index in [0.29, 0.717) is 6.04 Å². The molecule has 1 aromatic heterocycles. The summed E-state index contributed by atoms with van der Waals surface area (Å²) < 4.78 is 0. The molecule has 22 heavy (non-hydrogen) atoms. The summed E-state index contributed by atoms with van der Waals surface area (Å²) >= 11 is 0. The van der Waals surface area contributed by atoms with E-state index in [1.165, 1.54) is 43.3 Å². The number of hydrogen-bond donors (Lipinski definition) is 1. The average molecular weight is 295 g/mol. The third-order valence-electron chi connectivity index (χ3n) is 5.92. The topological polar surface area (TPSA) is 42.1 Å². The van der Waals surface area contributed by atoms with E-state index in [2.05, 4.69) is 41.1 Å². The van der Waals surface area contributed by atoms with Crippen LogP contribution < -0.4 is 5.73 Å². The molecule has 116 valence electrons. The number of rotatable bonds is 3. The van der Waals surface area contributed by atoms with Crippen molar-refractivity contribution in [2.75, 3.05) is 13.1 Å². The van der Waals surface area contributed by atoms with Gasteiger partial charge in [0.2, 0.25) is 0 Å². The number of piperidine rings is 3. The Morgan fingerprint density at radius 1 is 1.32 bits per heavy atom. The lowest BCUT2D eigenvalue weighted by Gasteiger charge is -2.51. The minimum Gasteiger partial charge on any atom is -0.323 e. The Kier molecular flexibility index (Phi) is 3.63. The summed E-state index contributed by atoms with van der Waals surface area (Å²) in [5, 5.41) is 1.21. The highest BCUT2D eigenvalue weighted by molar-refractivity contribution is 5.82. The lowest BCUT2D eigenvalue weighted by atomic mass is 9.72. The number of nitrogens with two attached hydrogens (primary N) is 1. The van der Waals surface area contributed by atoms with Crippen LogP contribution in [-0.2, 0) is 0 Å². The smallest absolute Gasteiger partial charge is 0.0705 e. The normalized spacial score (nSPS) is 32.3. The van der Waals surface area contributed by atoms with Gasteiger partial charge in [-0.15, -0.1) is 0 Å². The van der Waals surface area contributed by atoms with Gasteiger partial charge in [-0.2, -0.15) is 0 Å². The maximum atomic E-state index is 6.74. The Morgan fingerprint density at radius 2 is 2.18 bits per heavy atom. The summed E-state index contributed by atoms with van der Waals surface area (Å²) in [6, 6.07) is 11.1. The van der Waals surface area contributed by atoms with Crippen molar-refractivity contribution in [1.29, 1.82) is 0 Å². The zero-order chi connectivity index (χ0) is 15.1. The Bertz CT molecular complexity index is 663. The summed E-state index contributed by atoms with van der Waals surface area (Å²) in [7, 11) is 0. The summed E-state index contributed by atoms with van der Waals surface area (Å²) in [5.41, 5.74) is 9.05. The van der Waals surface area contributed by atoms with E-state index >= 15 is 0 Å². The second kappa shape index (κ2) is 5.64. The number of fused-ring (bicyclic) bond motifs is 4. The molecule has 1 unspecified atom stereocenters. The summed E-state index contributed by atoms with van der Waals surface area (Å²) in [5.74, 6) is 1.76. The van der Waals surface area contributed by atoms with Crippen LogP contribution in [-0.4, -0.2) is 29.0 Å². The number of benzene rings is 1. The molecule has 2 bridgehead atoms. The van der Waals surface area contributed by atoms with Crippen molar-refractivity contribution in [3.05, 3.63) is 42.1 Å². The highest BCUT2D eigenvalue weighted by atomic mass is 15.2. The predicted molar refractivity (Wildman–Crippen MR) is 90.5 cm³/mol. The van der Waals surface area contributed by atoms with Gasteiger partial charge in [-0.05, 0) is 48.9 Å². The first-order valence-electron chi connectivity index (χ1n) is 8.61. The molecule has 4 heterocycles. The van der Waals surface area contributed by atoms with Crippen molar-refractivity contribution in [1.82, 2.24) is 9.88 Å². The molecule has 0 amide bonds. The van der Waals surface area contributed by atoms with Crippen molar-refractivity contribution in [2.45, 2.75) is 38.3 Å². The molecule has 3 aliphatic rings. The van der Waals surface area contributed by atoms with Crippen LogP contribution >= 0.6 is 0 Å². The van der Waals surface area contributed by atoms with Gasteiger partial charge in [-0.25, -0.2) is 0 Å². The van der Waals surface area contributed by atoms with Crippen molar-refractivity contribution in [2.24, 2.45) is 17.6 Å². The van der Waals surface area contributed by atoms with E-state index in [0.717, 1.165) is 17.4 Å². The maximum Gasteiger partial charge on any atom is 0.0705 e. The minimum absolute atomic E-state index is 0.0912. The van der Waals surface area contributed by atoms with Gasteiger partial charge in [0.1, 0.15) is 0 Å². The molecule has 0 radical (unpaired) electrons. The molecule has 0 spiro atoms. The van der Waals surface area contributed by atoms with Gasteiger partial charge < -0.3 is 5.73 Å². The van der Waals surface area contributed by atoms with E-state index in [-0.39, 0.29) is 6.04 Å². The predicted octanol–water partition coefficient (Wildman–Crippen LogP) is 3.36. The van der Waals surface area contributed by atoms with E-state index in [1.807, 2.05) is 12.3 Å². The van der Waals surface area contributed by atoms with Crippen LogP contribution in [0.2, 0.25) is 0 Å². The molecular formula is C19H25N3. The molecule has 2 aromatic rings. The Hall–Kier alpha value is -1.45. The zero-order valence-electron chi connectivity index (χ0n) is 13.3. The van der Waals surface area contributed by atoms with Crippen LogP contribution in [0, 0.1) is 11.8 Å². The van der Waals surface area contributed by atoms with E-state index in [1.54, 1.807) is 0 Å². The zero-order valence-corrected chi connectivity index (χ0v) is 13.3. The van der Waals surface area contributed by atoms with Gasteiger partial charge in [-0.1, -0.05) is 31.5 Å². The van der Waals surface area contributed by atoms with Crippen LogP contribution in [0.15, 0.2) is 36.5 Å². The lowest BCUT2D eigenvalue weighted by molar-refractivity contribution is -0.0105. The average Bonchev–Trinajstić information content (AvgIpc) is 2.60. The van der Waals surface area contributed by atoms with Crippen LogP contribution in [0.4, 0.5) is 0 Å². The quantitative estimate of drug-likeness (QED) is 0.944. The molecule has 0 saturated carbocycles. The molecule has 2 N–H and O–H groups in total. The van der Waals surface area contributed by atoms with Crippen molar-refractivity contribution >= 4 is 10.9 Å². The number of nitrogens with zero attached hydrogens (tertiary/aromatic N) is 2. The Labute approximate surface area is 132 Å². The number of aromatic nitrogens is 1. The van der Waals surface area contributed by atoms with Crippen LogP contribution in [0.25, 0.3) is 10.9 Å². The summed E-state index contributed by atoms with van der Waals surface area (Å²) in [4.78, 5) is 7.12. The second-order valence-corrected chi connectivity index (χ2v) is 6.96. The number of pyridine rings is 1. The summed E-state index contributed by atoms with van der Waals surface area (Å²) in [6.45, 7) is 4.79.